The monoisotopic (exact) mass is 334 g/mol. The lowest BCUT2D eigenvalue weighted by Crippen LogP contribution is -2.54. The third kappa shape index (κ3) is 3.61. The highest BCUT2D eigenvalue weighted by atomic mass is 16.4. The molecule has 1 aromatic rings. The number of nitrogens with two attached hydrogens (primary N) is 1. The summed E-state index contributed by atoms with van der Waals surface area (Å²) in [6.07, 6.45) is 4.67. The zero-order chi connectivity index (χ0) is 17.3. The first kappa shape index (κ1) is 17.0. The van der Waals surface area contributed by atoms with Crippen LogP contribution in [0.25, 0.3) is 0 Å². The zero-order valence-electron chi connectivity index (χ0n) is 14.4. The van der Waals surface area contributed by atoms with Gasteiger partial charge in [0.05, 0.1) is 11.7 Å². The number of nitrogens with one attached hydrogen (secondary N) is 1. The number of rotatable bonds is 6. The molecule has 132 valence electrons. The highest BCUT2D eigenvalue weighted by Gasteiger charge is 2.32. The second-order valence-corrected chi connectivity index (χ2v) is 6.87. The molecule has 1 saturated carbocycles. The second-order valence-electron chi connectivity index (χ2n) is 6.87. The van der Waals surface area contributed by atoms with Gasteiger partial charge in [-0.05, 0) is 45.6 Å². The summed E-state index contributed by atoms with van der Waals surface area (Å²) in [5.41, 5.74) is 6.13. The first-order chi connectivity index (χ1) is 11.5. The van der Waals surface area contributed by atoms with E-state index in [2.05, 4.69) is 15.2 Å². The van der Waals surface area contributed by atoms with Gasteiger partial charge in [-0.2, -0.15) is 0 Å². The van der Waals surface area contributed by atoms with E-state index in [1.54, 1.807) is 6.92 Å². The number of hydrogen-bond donors (Lipinski definition) is 2. The maximum atomic E-state index is 12.5. The Hall–Kier alpha value is -1.89. The minimum Gasteiger partial charge on any atom is -0.435 e. The summed E-state index contributed by atoms with van der Waals surface area (Å²) in [5, 5.41) is 3.03. The number of carbonyl (C=O) groups excluding carboxylic acids is 2. The zero-order valence-corrected chi connectivity index (χ0v) is 14.4. The minimum atomic E-state index is -0.301. The fourth-order valence-corrected chi connectivity index (χ4v) is 3.43. The molecule has 0 bridgehead atoms. The Morgan fingerprint density at radius 1 is 1.42 bits per heavy atom. The topological polar surface area (TPSA) is 101 Å². The molecule has 7 heteroatoms. The van der Waals surface area contributed by atoms with E-state index in [-0.39, 0.29) is 23.9 Å². The Balaban J connectivity index is 1.62. The largest absolute Gasteiger partial charge is 0.435 e. The normalized spacial score (nSPS) is 23.0. The molecule has 3 rings (SSSR count). The number of oxazole rings is 1. The van der Waals surface area contributed by atoms with Gasteiger partial charge in [-0.15, -0.1) is 0 Å². The van der Waals surface area contributed by atoms with Gasteiger partial charge in [0.25, 0.3) is 5.91 Å². The van der Waals surface area contributed by atoms with Crippen LogP contribution in [0, 0.1) is 6.92 Å². The van der Waals surface area contributed by atoms with Gasteiger partial charge < -0.3 is 15.5 Å². The Kier molecular flexibility index (Phi) is 4.89. The number of primary amides is 1. The van der Waals surface area contributed by atoms with Crippen molar-refractivity contribution < 1.29 is 14.0 Å². The molecule has 2 atom stereocenters. The van der Waals surface area contributed by atoms with E-state index in [1.165, 1.54) is 0 Å². The lowest BCUT2D eigenvalue weighted by Gasteiger charge is -2.36. The van der Waals surface area contributed by atoms with Gasteiger partial charge in [-0.3, -0.25) is 14.5 Å². The molecule has 2 amide bonds. The molecule has 2 aliphatic rings. The number of hydrogen-bond acceptors (Lipinski definition) is 5. The second kappa shape index (κ2) is 6.93. The van der Waals surface area contributed by atoms with Crippen LogP contribution in [0.15, 0.2) is 4.42 Å². The summed E-state index contributed by atoms with van der Waals surface area (Å²) in [7, 11) is 0. The van der Waals surface area contributed by atoms with E-state index in [9.17, 15) is 9.59 Å². The minimum absolute atomic E-state index is 0.00600. The summed E-state index contributed by atoms with van der Waals surface area (Å²) in [5.74, 6) is 0.866. The average Bonchev–Trinajstić information content (AvgIpc) is 3.30. The smallest absolute Gasteiger partial charge is 0.289 e. The maximum Gasteiger partial charge on any atom is 0.289 e. The van der Waals surface area contributed by atoms with Crippen LogP contribution in [0.2, 0.25) is 0 Å². The van der Waals surface area contributed by atoms with Gasteiger partial charge in [-0.25, -0.2) is 4.98 Å². The molecule has 0 radical (unpaired) electrons. The number of aromatic nitrogens is 1. The van der Waals surface area contributed by atoms with Crippen LogP contribution in [0.4, 0.5) is 0 Å². The SMILES string of the molecule is CCC(C(N)=O)N1CCCC(NC(=O)c2oc(C3CC3)nc2C)C1. The van der Waals surface area contributed by atoms with Crippen molar-refractivity contribution in [2.24, 2.45) is 5.73 Å². The molecule has 1 saturated heterocycles. The Morgan fingerprint density at radius 3 is 2.79 bits per heavy atom. The van der Waals surface area contributed by atoms with E-state index in [4.69, 9.17) is 10.2 Å². The molecule has 2 heterocycles. The standard InChI is InChI=1S/C17H26N4O3/c1-3-13(15(18)22)21-8-4-5-12(9-21)20-16(23)14-10(2)19-17(24-14)11-6-7-11/h11-13H,3-9H2,1-2H3,(H2,18,22)(H,20,23). The van der Waals surface area contributed by atoms with Crippen LogP contribution in [0.3, 0.4) is 0 Å². The molecule has 1 aromatic heterocycles. The van der Waals surface area contributed by atoms with Gasteiger partial charge >= 0.3 is 0 Å². The first-order valence-electron chi connectivity index (χ1n) is 8.81. The van der Waals surface area contributed by atoms with E-state index in [0.29, 0.717) is 36.2 Å². The van der Waals surface area contributed by atoms with Crippen LogP contribution in [0.5, 0.6) is 0 Å². The number of nitrogens with zero attached hydrogens (tertiary/aromatic N) is 2. The lowest BCUT2D eigenvalue weighted by atomic mass is 10.0. The van der Waals surface area contributed by atoms with Gasteiger partial charge in [-0.1, -0.05) is 6.92 Å². The van der Waals surface area contributed by atoms with Crippen molar-refractivity contribution in [3.05, 3.63) is 17.3 Å². The quantitative estimate of drug-likeness (QED) is 0.817. The van der Waals surface area contributed by atoms with E-state index >= 15 is 0 Å². The molecule has 7 nitrogen and oxygen atoms in total. The molecule has 24 heavy (non-hydrogen) atoms. The molecule has 1 aliphatic carbocycles. The predicted molar refractivity (Wildman–Crippen MR) is 88.5 cm³/mol. The van der Waals surface area contributed by atoms with Crippen molar-refractivity contribution in [3.8, 4) is 0 Å². The fraction of sp³-hybridized carbons (Fsp3) is 0.706. The summed E-state index contributed by atoms with van der Waals surface area (Å²) >= 11 is 0. The number of piperidine rings is 1. The van der Waals surface area contributed by atoms with Crippen LogP contribution >= 0.6 is 0 Å². The number of likely N-dealkylation sites (tertiary alicyclic amines) is 1. The molecule has 3 N–H and O–H groups in total. The molecule has 0 aromatic carbocycles. The van der Waals surface area contributed by atoms with Crippen molar-refractivity contribution in [3.63, 3.8) is 0 Å². The van der Waals surface area contributed by atoms with Crippen molar-refractivity contribution in [2.45, 2.75) is 64.0 Å². The Morgan fingerprint density at radius 2 is 2.17 bits per heavy atom. The van der Waals surface area contributed by atoms with Crippen LogP contribution in [-0.2, 0) is 4.79 Å². The molecule has 0 spiro atoms. The Labute approximate surface area is 142 Å². The van der Waals surface area contributed by atoms with Crippen LogP contribution < -0.4 is 11.1 Å². The lowest BCUT2D eigenvalue weighted by molar-refractivity contribution is -0.123. The fourth-order valence-electron chi connectivity index (χ4n) is 3.43. The number of amides is 2. The maximum absolute atomic E-state index is 12.5. The van der Waals surface area contributed by atoms with Gasteiger partial charge in [0.2, 0.25) is 11.7 Å². The van der Waals surface area contributed by atoms with Crippen LogP contribution in [0.1, 0.15) is 67.1 Å². The third-order valence-corrected chi connectivity index (χ3v) is 4.89. The van der Waals surface area contributed by atoms with Gasteiger partial charge in [0, 0.05) is 18.5 Å². The summed E-state index contributed by atoms with van der Waals surface area (Å²) in [6.45, 7) is 5.23. The third-order valence-electron chi connectivity index (χ3n) is 4.89. The molecular formula is C17H26N4O3. The number of carbonyl (C=O) groups is 2. The highest BCUT2D eigenvalue weighted by molar-refractivity contribution is 5.92. The summed E-state index contributed by atoms with van der Waals surface area (Å²) < 4.78 is 5.66. The van der Waals surface area contributed by atoms with E-state index in [1.807, 2.05) is 6.92 Å². The summed E-state index contributed by atoms with van der Waals surface area (Å²) in [6, 6.07) is -0.272. The van der Waals surface area contributed by atoms with Crippen molar-refractivity contribution >= 4 is 11.8 Å². The predicted octanol–water partition coefficient (Wildman–Crippen LogP) is 1.32. The average molecular weight is 334 g/mol. The molecule has 2 fully saturated rings. The van der Waals surface area contributed by atoms with E-state index < -0.39 is 0 Å². The van der Waals surface area contributed by atoms with Gasteiger partial charge in [0.15, 0.2) is 5.89 Å². The van der Waals surface area contributed by atoms with Crippen molar-refractivity contribution in [2.75, 3.05) is 13.1 Å². The van der Waals surface area contributed by atoms with E-state index in [0.717, 1.165) is 32.2 Å². The summed E-state index contributed by atoms with van der Waals surface area (Å²) in [4.78, 5) is 30.5. The molecular weight excluding hydrogens is 308 g/mol. The van der Waals surface area contributed by atoms with Gasteiger partial charge in [0.1, 0.15) is 0 Å². The van der Waals surface area contributed by atoms with Crippen molar-refractivity contribution in [1.29, 1.82) is 0 Å². The highest BCUT2D eigenvalue weighted by Crippen LogP contribution is 2.40. The first-order valence-corrected chi connectivity index (χ1v) is 8.81. The molecule has 1 aliphatic heterocycles. The van der Waals surface area contributed by atoms with Crippen LogP contribution in [-0.4, -0.2) is 46.9 Å². The Bertz CT molecular complexity index is 623. The number of aryl methyl sites for hydroxylation is 1. The molecule has 2 unspecified atom stereocenters. The van der Waals surface area contributed by atoms with Crippen molar-refractivity contribution in [1.82, 2.24) is 15.2 Å².